The van der Waals surface area contributed by atoms with Gasteiger partial charge in [-0.25, -0.2) is 8.78 Å². The molecule has 3 fully saturated rings. The highest BCUT2D eigenvalue weighted by Gasteiger charge is 2.56. The van der Waals surface area contributed by atoms with Crippen LogP contribution in [0.4, 0.5) is 14.5 Å². The molecule has 1 N–H and O–H groups in total. The Bertz CT molecular complexity index is 1010. The van der Waals surface area contributed by atoms with E-state index in [-0.39, 0.29) is 18.9 Å². The van der Waals surface area contributed by atoms with Gasteiger partial charge in [0.15, 0.2) is 5.78 Å². The second-order valence-corrected chi connectivity index (χ2v) is 11.3. The van der Waals surface area contributed by atoms with Crippen molar-refractivity contribution in [3.63, 3.8) is 0 Å². The van der Waals surface area contributed by atoms with Crippen LogP contribution in [0.3, 0.4) is 0 Å². The third kappa shape index (κ3) is 5.71. The molecule has 8 nitrogen and oxygen atoms in total. The quantitative estimate of drug-likeness (QED) is 0.525. The van der Waals surface area contributed by atoms with Gasteiger partial charge in [-0.05, 0) is 49.1 Å². The average Bonchev–Trinajstić information content (AvgIpc) is 3.48. The number of halogens is 2. The monoisotopic (exact) mass is 534 g/mol. The normalized spacial score (nSPS) is 25.1. The summed E-state index contributed by atoms with van der Waals surface area (Å²) >= 11 is 0. The van der Waals surface area contributed by atoms with E-state index < -0.39 is 47.8 Å². The lowest BCUT2D eigenvalue weighted by Crippen LogP contribution is -2.57. The van der Waals surface area contributed by atoms with Crippen molar-refractivity contribution in [1.82, 2.24) is 15.1 Å². The van der Waals surface area contributed by atoms with Crippen LogP contribution in [0.15, 0.2) is 24.3 Å². The van der Waals surface area contributed by atoms with Crippen LogP contribution in [0, 0.1) is 11.3 Å². The molecular formula is C28H40F2N4O4. The van der Waals surface area contributed by atoms with E-state index >= 15 is 0 Å². The van der Waals surface area contributed by atoms with E-state index in [1.807, 2.05) is 32.9 Å². The SMILES string of the molecule is CCCN1CCN(c2ccc(C(=O)NC(C(=O)N3C[C@H](C(F)F)[C@H]4OCC(=O)[C@H]43)C(C)(C)CC)cc2)CC1. The molecule has 3 aliphatic heterocycles. The summed E-state index contributed by atoms with van der Waals surface area (Å²) in [5.74, 6) is -2.55. The van der Waals surface area contributed by atoms with Crippen molar-refractivity contribution in [2.24, 2.45) is 11.3 Å². The number of carbonyl (C=O) groups is 3. The molecule has 0 aromatic heterocycles. The number of nitrogens with zero attached hydrogens (tertiary/aromatic N) is 3. The third-order valence-electron chi connectivity index (χ3n) is 8.45. The van der Waals surface area contributed by atoms with E-state index in [9.17, 15) is 23.2 Å². The number of benzene rings is 1. The van der Waals surface area contributed by atoms with Crippen molar-refractivity contribution in [2.45, 2.75) is 65.1 Å². The van der Waals surface area contributed by atoms with Gasteiger partial charge in [0.2, 0.25) is 12.3 Å². The number of hydrogen-bond acceptors (Lipinski definition) is 6. The van der Waals surface area contributed by atoms with Crippen molar-refractivity contribution in [3.8, 4) is 0 Å². The Labute approximate surface area is 223 Å². The van der Waals surface area contributed by atoms with Gasteiger partial charge in [0, 0.05) is 44.0 Å². The maximum atomic E-state index is 13.8. The fourth-order valence-corrected chi connectivity index (χ4v) is 5.69. The molecule has 10 heteroatoms. The lowest BCUT2D eigenvalue weighted by atomic mass is 9.80. The average molecular weight is 535 g/mol. The number of nitrogens with one attached hydrogen (secondary N) is 1. The molecule has 3 aliphatic rings. The summed E-state index contributed by atoms with van der Waals surface area (Å²) in [6.45, 7) is 12.2. The second-order valence-electron chi connectivity index (χ2n) is 11.3. The summed E-state index contributed by atoms with van der Waals surface area (Å²) in [6.07, 6.45) is -2.04. The molecule has 2 amide bonds. The van der Waals surface area contributed by atoms with Crippen LogP contribution in [-0.2, 0) is 14.3 Å². The maximum absolute atomic E-state index is 13.8. The molecule has 0 aliphatic carbocycles. The van der Waals surface area contributed by atoms with E-state index in [2.05, 4.69) is 22.0 Å². The van der Waals surface area contributed by atoms with E-state index in [4.69, 9.17) is 4.74 Å². The van der Waals surface area contributed by atoms with E-state index in [0.717, 1.165) is 44.8 Å². The summed E-state index contributed by atoms with van der Waals surface area (Å²) < 4.78 is 32.7. The first-order valence-electron chi connectivity index (χ1n) is 13.7. The van der Waals surface area contributed by atoms with Gasteiger partial charge in [-0.1, -0.05) is 27.7 Å². The van der Waals surface area contributed by atoms with E-state index in [0.29, 0.717) is 12.0 Å². The predicted octanol–water partition coefficient (Wildman–Crippen LogP) is 2.81. The fraction of sp³-hybridized carbons (Fsp3) is 0.679. The molecule has 4 rings (SSSR count). The molecule has 1 unspecified atom stereocenters. The molecule has 3 saturated heterocycles. The van der Waals surface area contributed by atoms with Crippen LogP contribution in [0.1, 0.15) is 50.9 Å². The highest BCUT2D eigenvalue weighted by molar-refractivity contribution is 5.99. The molecule has 1 aromatic carbocycles. The highest BCUT2D eigenvalue weighted by Crippen LogP contribution is 2.37. The minimum absolute atomic E-state index is 0.274. The molecule has 1 aromatic rings. The van der Waals surface area contributed by atoms with Gasteiger partial charge >= 0.3 is 0 Å². The Morgan fingerprint density at radius 3 is 2.34 bits per heavy atom. The molecule has 210 valence electrons. The van der Waals surface area contributed by atoms with Gasteiger partial charge in [0.05, 0.1) is 12.0 Å². The van der Waals surface area contributed by atoms with Crippen molar-refractivity contribution >= 4 is 23.3 Å². The zero-order valence-corrected chi connectivity index (χ0v) is 22.8. The van der Waals surface area contributed by atoms with Crippen molar-refractivity contribution in [2.75, 3.05) is 50.8 Å². The Balaban J connectivity index is 1.47. The van der Waals surface area contributed by atoms with Crippen LogP contribution in [0.5, 0.6) is 0 Å². The number of piperazine rings is 1. The number of alkyl halides is 2. The van der Waals surface area contributed by atoms with Crippen LogP contribution in [0.2, 0.25) is 0 Å². The first kappa shape index (κ1) is 28.4. The number of Topliss-reactive ketones (excluding diaryl/α,β-unsaturated/α-hetero) is 1. The van der Waals surface area contributed by atoms with Crippen molar-refractivity contribution in [3.05, 3.63) is 29.8 Å². The van der Waals surface area contributed by atoms with Gasteiger partial charge in [0.1, 0.15) is 18.7 Å². The van der Waals surface area contributed by atoms with Crippen LogP contribution in [-0.4, -0.2) is 97.9 Å². The van der Waals surface area contributed by atoms with Gasteiger partial charge in [-0.2, -0.15) is 0 Å². The summed E-state index contributed by atoms with van der Waals surface area (Å²) in [5, 5.41) is 2.87. The number of carbonyl (C=O) groups excluding carboxylic acids is 3. The predicted molar refractivity (Wildman–Crippen MR) is 140 cm³/mol. The molecule has 0 radical (unpaired) electrons. The van der Waals surface area contributed by atoms with Crippen molar-refractivity contribution < 1.29 is 27.9 Å². The molecule has 38 heavy (non-hydrogen) atoms. The Morgan fingerprint density at radius 2 is 1.76 bits per heavy atom. The molecule has 0 saturated carbocycles. The molecule has 3 heterocycles. The molecule has 4 atom stereocenters. The van der Waals surface area contributed by atoms with Crippen LogP contribution >= 0.6 is 0 Å². The van der Waals surface area contributed by atoms with Crippen LogP contribution < -0.4 is 10.2 Å². The standard InChI is InChI=1S/C28H40F2N4O4/c1-5-11-32-12-14-33(15-13-32)19-9-7-18(8-10-19)26(36)31-24(28(3,4)6-2)27(37)34-16-20(25(29)30)23-22(34)21(35)17-38-23/h7-10,20,22-25H,5-6,11-17H2,1-4H3,(H,31,36)/t20-,22+,23+,24?/m0/s1. The van der Waals surface area contributed by atoms with Crippen molar-refractivity contribution in [1.29, 1.82) is 0 Å². The Kier molecular flexibility index (Phi) is 8.72. The number of ketones is 1. The lowest BCUT2D eigenvalue weighted by Gasteiger charge is -2.37. The number of rotatable bonds is 9. The number of amides is 2. The molecule has 0 bridgehead atoms. The number of ether oxygens (including phenoxy) is 1. The Morgan fingerprint density at radius 1 is 1.11 bits per heavy atom. The van der Waals surface area contributed by atoms with Gasteiger partial charge in [-0.3, -0.25) is 19.3 Å². The first-order valence-corrected chi connectivity index (χ1v) is 13.7. The summed E-state index contributed by atoms with van der Waals surface area (Å²) in [5.41, 5.74) is 0.777. The minimum Gasteiger partial charge on any atom is -0.369 e. The largest absolute Gasteiger partial charge is 0.369 e. The lowest BCUT2D eigenvalue weighted by molar-refractivity contribution is -0.140. The Hall–Kier alpha value is -2.59. The number of likely N-dealkylation sites (tertiary alicyclic amines) is 1. The number of anilines is 1. The fourth-order valence-electron chi connectivity index (χ4n) is 5.69. The van der Waals surface area contributed by atoms with Gasteiger partial charge < -0.3 is 19.9 Å². The summed E-state index contributed by atoms with van der Waals surface area (Å²) in [7, 11) is 0. The number of fused-ring (bicyclic) bond motifs is 1. The zero-order chi connectivity index (χ0) is 27.6. The third-order valence-corrected chi connectivity index (χ3v) is 8.45. The molecular weight excluding hydrogens is 494 g/mol. The maximum Gasteiger partial charge on any atom is 0.251 e. The smallest absolute Gasteiger partial charge is 0.251 e. The highest BCUT2D eigenvalue weighted by atomic mass is 19.3. The van der Waals surface area contributed by atoms with Crippen LogP contribution in [0.25, 0.3) is 0 Å². The summed E-state index contributed by atoms with van der Waals surface area (Å²) in [4.78, 5) is 45.5. The van der Waals surface area contributed by atoms with E-state index in [1.165, 1.54) is 4.90 Å². The first-order chi connectivity index (χ1) is 18.1. The summed E-state index contributed by atoms with van der Waals surface area (Å²) in [6, 6.07) is 5.30. The number of hydrogen-bond donors (Lipinski definition) is 1. The van der Waals surface area contributed by atoms with Gasteiger partial charge in [-0.15, -0.1) is 0 Å². The minimum atomic E-state index is -2.72. The van der Waals surface area contributed by atoms with Gasteiger partial charge in [0.25, 0.3) is 5.91 Å². The second kappa shape index (κ2) is 11.7. The zero-order valence-electron chi connectivity index (χ0n) is 22.8. The topological polar surface area (TPSA) is 82.2 Å². The van der Waals surface area contributed by atoms with E-state index in [1.54, 1.807) is 12.1 Å². The molecule has 0 spiro atoms.